The summed E-state index contributed by atoms with van der Waals surface area (Å²) in [6, 6.07) is 17.0. The first-order chi connectivity index (χ1) is 17.0. The highest BCUT2D eigenvalue weighted by Crippen LogP contribution is 2.26. The van der Waals surface area contributed by atoms with Crippen molar-refractivity contribution in [1.82, 2.24) is 25.3 Å². The van der Waals surface area contributed by atoms with Crippen molar-refractivity contribution in [2.45, 2.75) is 6.54 Å². The monoisotopic (exact) mass is 471 g/mol. The quantitative estimate of drug-likeness (QED) is 0.238. The Balaban J connectivity index is 1.29. The lowest BCUT2D eigenvalue weighted by Crippen LogP contribution is -2.23. The van der Waals surface area contributed by atoms with Crippen molar-refractivity contribution < 1.29 is 23.7 Å². The van der Waals surface area contributed by atoms with Crippen LogP contribution in [0.5, 0.6) is 0 Å². The molecule has 0 fully saturated rings. The molecule has 4 N–H and O–H groups in total. The third-order valence-corrected chi connectivity index (χ3v) is 5.11. The second-order valence-corrected chi connectivity index (χ2v) is 7.39. The molecule has 1 amide bonds. The Morgan fingerprint density at radius 1 is 1.09 bits per heavy atom. The number of rotatable bonds is 7. The number of hydrogen-bond acceptors (Lipinski definition) is 9. The number of anilines is 1. The molecule has 3 heterocycles. The largest absolute Gasteiger partial charge is 0.478 e. The summed E-state index contributed by atoms with van der Waals surface area (Å²) >= 11 is 0. The van der Waals surface area contributed by atoms with E-state index in [0.29, 0.717) is 33.9 Å². The molecule has 0 saturated carbocycles. The Morgan fingerprint density at radius 3 is 2.63 bits per heavy atom. The van der Waals surface area contributed by atoms with Gasteiger partial charge < -0.3 is 19.8 Å². The molecular weight excluding hydrogens is 454 g/mol. The summed E-state index contributed by atoms with van der Waals surface area (Å²) in [5.41, 5.74) is 10.8. The molecule has 3 aromatic heterocycles. The molecule has 0 aliphatic carbocycles. The van der Waals surface area contributed by atoms with Crippen LogP contribution in [-0.2, 0) is 11.3 Å². The number of hydrogen-bond donors (Lipinski definition) is 3. The fourth-order valence-electron chi connectivity index (χ4n) is 3.47. The number of carbonyl (C=O) groups is 2. The summed E-state index contributed by atoms with van der Waals surface area (Å²) in [6.07, 6.45) is 1.36. The van der Waals surface area contributed by atoms with Gasteiger partial charge >= 0.3 is 5.97 Å². The Morgan fingerprint density at radius 2 is 1.89 bits per heavy atom. The second kappa shape index (κ2) is 8.94. The van der Waals surface area contributed by atoms with Crippen molar-refractivity contribution in [3.05, 3.63) is 72.0 Å². The van der Waals surface area contributed by atoms with Gasteiger partial charge in [0.1, 0.15) is 18.1 Å². The lowest BCUT2D eigenvalue weighted by atomic mass is 10.1. The standard InChI is InChI=1S/C23H17N7O5/c24-21-20(28-35-29-21)22-26-16-3-1-2-4-17(16)30(22)12-19(31)27-25-11-15-9-10-18(34-15)13-5-7-14(8-6-13)23(32)33/h1-11H,12H2,(H2,24,29)(H,27,31)(H,32,33)/b25-11-. The molecule has 12 heteroatoms. The van der Waals surface area contributed by atoms with Crippen molar-refractivity contribution in [3.8, 4) is 22.8 Å². The normalized spacial score (nSPS) is 11.3. The van der Waals surface area contributed by atoms with Gasteiger partial charge in [-0.25, -0.2) is 19.8 Å². The Labute approximate surface area is 196 Å². The van der Waals surface area contributed by atoms with Crippen LogP contribution in [0.1, 0.15) is 16.1 Å². The van der Waals surface area contributed by atoms with Gasteiger partial charge in [-0.05, 0) is 46.7 Å². The number of fused-ring (bicyclic) bond motifs is 1. The van der Waals surface area contributed by atoms with E-state index in [0.717, 1.165) is 0 Å². The van der Waals surface area contributed by atoms with Crippen LogP contribution in [-0.4, -0.2) is 43.1 Å². The number of aromatic carboxylic acids is 1. The molecule has 0 bridgehead atoms. The number of nitrogens with two attached hydrogens (primary N) is 1. The maximum Gasteiger partial charge on any atom is 0.335 e. The van der Waals surface area contributed by atoms with Crippen molar-refractivity contribution >= 4 is 34.9 Å². The molecule has 0 spiro atoms. The van der Waals surface area contributed by atoms with Crippen LogP contribution in [0.25, 0.3) is 33.9 Å². The molecule has 0 saturated heterocycles. The number of furan rings is 1. The number of nitrogens with zero attached hydrogens (tertiary/aromatic N) is 5. The zero-order valence-electron chi connectivity index (χ0n) is 18.0. The number of nitrogens with one attached hydrogen (secondary N) is 1. The van der Waals surface area contributed by atoms with E-state index >= 15 is 0 Å². The van der Waals surface area contributed by atoms with E-state index in [1.807, 2.05) is 18.2 Å². The summed E-state index contributed by atoms with van der Waals surface area (Å²) < 4.78 is 12.0. The number of amides is 1. The number of imidazole rings is 1. The van der Waals surface area contributed by atoms with E-state index in [4.69, 9.17) is 15.3 Å². The van der Waals surface area contributed by atoms with Crippen molar-refractivity contribution in [2.24, 2.45) is 5.10 Å². The summed E-state index contributed by atoms with van der Waals surface area (Å²) in [4.78, 5) is 28.1. The van der Waals surface area contributed by atoms with Crippen LogP contribution in [0.15, 0.2) is 74.8 Å². The minimum atomic E-state index is -1.00. The van der Waals surface area contributed by atoms with Gasteiger partial charge in [0.25, 0.3) is 5.91 Å². The number of para-hydroxylation sites is 2. The number of hydrazone groups is 1. The summed E-state index contributed by atoms with van der Waals surface area (Å²) in [5.74, 6) is -0.0889. The van der Waals surface area contributed by atoms with Gasteiger partial charge in [-0.2, -0.15) is 5.10 Å². The molecule has 5 aromatic rings. The number of aromatic nitrogens is 4. The number of carbonyl (C=O) groups excluding carboxylic acids is 1. The number of carboxylic acid groups (broad SMARTS) is 1. The molecule has 35 heavy (non-hydrogen) atoms. The maximum absolute atomic E-state index is 12.6. The fourth-order valence-corrected chi connectivity index (χ4v) is 3.47. The van der Waals surface area contributed by atoms with E-state index in [9.17, 15) is 9.59 Å². The third-order valence-electron chi connectivity index (χ3n) is 5.11. The zero-order valence-corrected chi connectivity index (χ0v) is 18.0. The van der Waals surface area contributed by atoms with Crippen LogP contribution in [0.3, 0.4) is 0 Å². The average molecular weight is 471 g/mol. The highest BCUT2D eigenvalue weighted by molar-refractivity contribution is 5.88. The smallest absolute Gasteiger partial charge is 0.335 e. The molecular formula is C23H17N7O5. The molecule has 0 atom stereocenters. The van der Waals surface area contributed by atoms with Gasteiger partial charge in [0.05, 0.1) is 22.8 Å². The van der Waals surface area contributed by atoms with Gasteiger partial charge in [0, 0.05) is 5.56 Å². The van der Waals surface area contributed by atoms with Gasteiger partial charge in [-0.15, -0.1) is 0 Å². The van der Waals surface area contributed by atoms with Crippen molar-refractivity contribution in [2.75, 3.05) is 5.73 Å². The highest BCUT2D eigenvalue weighted by atomic mass is 16.6. The van der Waals surface area contributed by atoms with Crippen LogP contribution in [0.4, 0.5) is 5.82 Å². The molecule has 12 nitrogen and oxygen atoms in total. The number of nitrogen functional groups attached to an aromatic ring is 1. The molecule has 0 unspecified atom stereocenters. The van der Waals surface area contributed by atoms with E-state index in [1.165, 1.54) is 18.3 Å². The van der Waals surface area contributed by atoms with E-state index in [2.05, 4.69) is 30.5 Å². The van der Waals surface area contributed by atoms with Crippen LogP contribution in [0.2, 0.25) is 0 Å². The molecule has 0 radical (unpaired) electrons. The SMILES string of the molecule is Nc1nonc1-c1nc2ccccc2n1CC(=O)N/N=C\c1ccc(-c2ccc(C(=O)O)cc2)o1. The van der Waals surface area contributed by atoms with E-state index in [1.54, 1.807) is 34.9 Å². The second-order valence-electron chi connectivity index (χ2n) is 7.39. The third kappa shape index (κ3) is 4.35. The predicted octanol–water partition coefficient (Wildman–Crippen LogP) is 2.78. The zero-order chi connectivity index (χ0) is 24.4. The topological polar surface area (TPSA) is 175 Å². The van der Waals surface area contributed by atoms with Crippen molar-refractivity contribution in [1.29, 1.82) is 0 Å². The number of carboxylic acids is 1. The molecule has 5 rings (SSSR count). The summed E-state index contributed by atoms with van der Waals surface area (Å²) in [5, 5.41) is 20.3. The van der Waals surface area contributed by atoms with Gasteiger partial charge in [-0.1, -0.05) is 24.3 Å². The minimum Gasteiger partial charge on any atom is -0.478 e. The fraction of sp³-hybridized carbons (Fsp3) is 0.0435. The molecule has 2 aromatic carbocycles. The first-order valence-corrected chi connectivity index (χ1v) is 10.3. The van der Waals surface area contributed by atoms with E-state index < -0.39 is 11.9 Å². The van der Waals surface area contributed by atoms with Crippen LogP contribution in [0, 0.1) is 0 Å². The lowest BCUT2D eigenvalue weighted by Gasteiger charge is -2.06. The first-order valence-electron chi connectivity index (χ1n) is 10.3. The van der Waals surface area contributed by atoms with Crippen LogP contribution < -0.4 is 11.2 Å². The Kier molecular flexibility index (Phi) is 5.51. The Hall–Kier alpha value is -5.26. The molecule has 174 valence electrons. The number of benzene rings is 2. The Bertz CT molecular complexity index is 1560. The summed E-state index contributed by atoms with van der Waals surface area (Å²) in [7, 11) is 0. The minimum absolute atomic E-state index is 0.0613. The molecule has 0 aliphatic heterocycles. The molecule has 0 aliphatic rings. The maximum atomic E-state index is 12.6. The van der Waals surface area contributed by atoms with Gasteiger partial charge in [-0.3, -0.25) is 4.79 Å². The lowest BCUT2D eigenvalue weighted by molar-refractivity contribution is -0.121. The van der Waals surface area contributed by atoms with E-state index in [-0.39, 0.29) is 23.6 Å². The van der Waals surface area contributed by atoms with Crippen LogP contribution >= 0.6 is 0 Å². The van der Waals surface area contributed by atoms with Gasteiger partial charge in [0.2, 0.25) is 0 Å². The summed E-state index contributed by atoms with van der Waals surface area (Å²) in [6.45, 7) is -0.112. The van der Waals surface area contributed by atoms with Gasteiger partial charge in [0.15, 0.2) is 17.3 Å². The highest BCUT2D eigenvalue weighted by Gasteiger charge is 2.20. The first kappa shape index (κ1) is 21.6. The predicted molar refractivity (Wildman–Crippen MR) is 124 cm³/mol. The van der Waals surface area contributed by atoms with Crippen molar-refractivity contribution in [3.63, 3.8) is 0 Å². The average Bonchev–Trinajstić information content (AvgIpc) is 3.58.